The van der Waals surface area contributed by atoms with Crippen molar-refractivity contribution >= 4 is 57.7 Å². The average Bonchev–Trinajstić information content (AvgIpc) is 3.38. The number of amides is 3. The fraction of sp³-hybridized carbons (Fsp3) is 0.267. The van der Waals surface area contributed by atoms with Gasteiger partial charge in [-0.3, -0.25) is 9.59 Å². The standard InChI is InChI=1S/C30H29Cl2N5O5/c1-30(2,3)42-29(40)37-12-10-36(11-13-37)28(39)25-16-19-14-21(6-8-24(19)35-25)41-26-9-5-20(17-33-26)34-27(38)18-4-7-22(31)23(32)15-18/h4-9,14-17,35H,10-13H2,1-3H3,(H,34,38). The van der Waals surface area contributed by atoms with Gasteiger partial charge in [-0.15, -0.1) is 0 Å². The summed E-state index contributed by atoms with van der Waals surface area (Å²) in [5, 5.41) is 4.21. The molecule has 0 bridgehead atoms. The summed E-state index contributed by atoms with van der Waals surface area (Å²) in [7, 11) is 0. The van der Waals surface area contributed by atoms with Crippen LogP contribution in [0.4, 0.5) is 10.5 Å². The molecule has 5 rings (SSSR count). The zero-order valence-corrected chi connectivity index (χ0v) is 24.8. The highest BCUT2D eigenvalue weighted by molar-refractivity contribution is 6.42. The Morgan fingerprint density at radius 1 is 0.905 bits per heavy atom. The van der Waals surface area contributed by atoms with E-state index in [2.05, 4.69) is 15.3 Å². The van der Waals surface area contributed by atoms with E-state index in [0.717, 1.165) is 10.9 Å². The van der Waals surface area contributed by atoms with Crippen LogP contribution in [0.3, 0.4) is 0 Å². The second-order valence-corrected chi connectivity index (χ2v) is 11.6. The third-order valence-electron chi connectivity index (χ3n) is 6.44. The Hall–Kier alpha value is -4.28. The Balaban J connectivity index is 1.18. The lowest BCUT2D eigenvalue weighted by molar-refractivity contribution is 0.0140. The van der Waals surface area contributed by atoms with Crippen LogP contribution in [0.2, 0.25) is 10.0 Å². The molecule has 3 heterocycles. The first kappa shape index (κ1) is 29.2. The van der Waals surface area contributed by atoms with Gasteiger partial charge in [-0.05, 0) is 69.3 Å². The van der Waals surface area contributed by atoms with Gasteiger partial charge in [0.2, 0.25) is 5.88 Å². The first-order valence-electron chi connectivity index (χ1n) is 13.3. The number of carbonyl (C=O) groups excluding carboxylic acids is 3. The predicted molar refractivity (Wildman–Crippen MR) is 161 cm³/mol. The van der Waals surface area contributed by atoms with Crippen LogP contribution in [-0.2, 0) is 4.74 Å². The monoisotopic (exact) mass is 609 g/mol. The number of ether oxygens (including phenoxy) is 2. The number of aromatic nitrogens is 2. The highest BCUT2D eigenvalue weighted by Crippen LogP contribution is 2.27. The number of aromatic amines is 1. The SMILES string of the molecule is CC(C)(C)OC(=O)N1CCN(C(=O)c2cc3cc(Oc4ccc(NC(=O)c5ccc(Cl)c(Cl)c5)cn4)ccc3[nH]2)CC1. The largest absolute Gasteiger partial charge is 0.444 e. The lowest BCUT2D eigenvalue weighted by Gasteiger charge is -2.35. The summed E-state index contributed by atoms with van der Waals surface area (Å²) in [6, 6.07) is 15.1. The van der Waals surface area contributed by atoms with E-state index in [1.54, 1.807) is 46.2 Å². The summed E-state index contributed by atoms with van der Waals surface area (Å²) >= 11 is 11.9. The molecular formula is C30H29Cl2N5O5. The molecule has 0 atom stereocenters. The minimum atomic E-state index is -0.567. The van der Waals surface area contributed by atoms with Crippen LogP contribution < -0.4 is 10.1 Å². The van der Waals surface area contributed by atoms with Gasteiger partial charge in [0.05, 0.1) is 21.9 Å². The minimum Gasteiger partial charge on any atom is -0.444 e. The number of nitrogens with zero attached hydrogens (tertiary/aromatic N) is 3. The molecule has 2 aromatic heterocycles. The number of carbonyl (C=O) groups is 3. The first-order valence-corrected chi connectivity index (χ1v) is 14.0. The van der Waals surface area contributed by atoms with E-state index < -0.39 is 5.60 Å². The maximum atomic E-state index is 13.2. The van der Waals surface area contributed by atoms with E-state index in [4.69, 9.17) is 32.7 Å². The zero-order chi connectivity index (χ0) is 30.0. The maximum absolute atomic E-state index is 13.2. The Labute approximate surface area is 252 Å². The van der Waals surface area contributed by atoms with E-state index in [1.807, 2.05) is 32.9 Å². The quantitative estimate of drug-likeness (QED) is 0.263. The molecule has 1 aliphatic rings. The summed E-state index contributed by atoms with van der Waals surface area (Å²) in [6.07, 6.45) is 1.11. The number of H-pyrrole nitrogens is 1. The van der Waals surface area contributed by atoms with Crippen molar-refractivity contribution in [3.05, 3.63) is 82.1 Å². The van der Waals surface area contributed by atoms with Crippen LogP contribution in [0, 0.1) is 0 Å². The highest BCUT2D eigenvalue weighted by atomic mass is 35.5. The molecule has 0 aliphatic carbocycles. The van der Waals surface area contributed by atoms with Gasteiger partial charge in [-0.1, -0.05) is 23.2 Å². The fourth-order valence-corrected chi connectivity index (χ4v) is 4.65. The Bertz CT molecular complexity index is 1640. The number of fused-ring (bicyclic) bond motifs is 1. The van der Waals surface area contributed by atoms with Crippen LogP contribution in [0.1, 0.15) is 41.6 Å². The second kappa shape index (κ2) is 11.9. The summed E-state index contributed by atoms with van der Waals surface area (Å²) in [4.78, 5) is 48.8. The summed E-state index contributed by atoms with van der Waals surface area (Å²) in [6.45, 7) is 7.12. The van der Waals surface area contributed by atoms with Gasteiger partial charge >= 0.3 is 6.09 Å². The number of rotatable bonds is 5. The molecule has 4 aromatic rings. The van der Waals surface area contributed by atoms with Gasteiger partial charge < -0.3 is 29.6 Å². The van der Waals surface area contributed by atoms with Crippen molar-refractivity contribution < 1.29 is 23.9 Å². The van der Waals surface area contributed by atoms with E-state index in [9.17, 15) is 14.4 Å². The number of hydrogen-bond donors (Lipinski definition) is 2. The molecule has 1 aliphatic heterocycles. The van der Waals surface area contributed by atoms with Crippen molar-refractivity contribution in [3.63, 3.8) is 0 Å². The smallest absolute Gasteiger partial charge is 0.410 e. The van der Waals surface area contributed by atoms with Crippen molar-refractivity contribution in [2.24, 2.45) is 0 Å². The molecule has 42 heavy (non-hydrogen) atoms. The third kappa shape index (κ3) is 6.95. The molecule has 0 saturated carbocycles. The molecule has 3 amide bonds. The zero-order valence-electron chi connectivity index (χ0n) is 23.2. The number of halogens is 2. The average molecular weight is 610 g/mol. The van der Waals surface area contributed by atoms with Gasteiger partial charge in [-0.2, -0.15) is 0 Å². The van der Waals surface area contributed by atoms with Crippen LogP contribution >= 0.6 is 23.2 Å². The summed E-state index contributed by atoms with van der Waals surface area (Å²) in [5.41, 5.74) is 1.52. The number of benzene rings is 2. The molecule has 1 fully saturated rings. The Morgan fingerprint density at radius 3 is 2.31 bits per heavy atom. The second-order valence-electron chi connectivity index (χ2n) is 10.8. The molecule has 2 aromatic carbocycles. The molecule has 0 radical (unpaired) electrons. The Kier molecular flexibility index (Phi) is 8.29. The molecule has 1 saturated heterocycles. The van der Waals surface area contributed by atoms with E-state index in [1.165, 1.54) is 12.3 Å². The molecular weight excluding hydrogens is 581 g/mol. The van der Waals surface area contributed by atoms with E-state index >= 15 is 0 Å². The van der Waals surface area contributed by atoms with Crippen molar-refractivity contribution in [1.82, 2.24) is 19.8 Å². The normalized spacial score (nSPS) is 13.6. The van der Waals surface area contributed by atoms with Crippen LogP contribution in [0.5, 0.6) is 11.6 Å². The van der Waals surface area contributed by atoms with Crippen LogP contribution in [0.15, 0.2) is 60.8 Å². The number of pyridine rings is 1. The van der Waals surface area contributed by atoms with Gasteiger partial charge in [0, 0.05) is 48.7 Å². The van der Waals surface area contributed by atoms with Crippen LogP contribution in [-0.4, -0.2) is 69.5 Å². The molecule has 10 nitrogen and oxygen atoms in total. The lowest BCUT2D eigenvalue weighted by Crippen LogP contribution is -2.51. The fourth-order valence-electron chi connectivity index (χ4n) is 4.35. The number of nitrogens with one attached hydrogen (secondary N) is 2. The number of anilines is 1. The summed E-state index contributed by atoms with van der Waals surface area (Å²) < 4.78 is 11.3. The van der Waals surface area contributed by atoms with Crippen molar-refractivity contribution in [2.45, 2.75) is 26.4 Å². The molecule has 12 heteroatoms. The van der Waals surface area contributed by atoms with Crippen LogP contribution in [0.25, 0.3) is 10.9 Å². The van der Waals surface area contributed by atoms with Crippen molar-refractivity contribution in [2.75, 3.05) is 31.5 Å². The lowest BCUT2D eigenvalue weighted by atomic mass is 10.2. The van der Waals surface area contributed by atoms with Gasteiger partial charge in [-0.25, -0.2) is 9.78 Å². The molecule has 0 spiro atoms. The predicted octanol–water partition coefficient (Wildman–Crippen LogP) is 6.61. The number of piperazine rings is 1. The third-order valence-corrected chi connectivity index (χ3v) is 7.18. The van der Waals surface area contributed by atoms with E-state index in [-0.39, 0.29) is 17.9 Å². The van der Waals surface area contributed by atoms with Crippen molar-refractivity contribution in [1.29, 1.82) is 0 Å². The topological polar surface area (TPSA) is 117 Å². The summed E-state index contributed by atoms with van der Waals surface area (Å²) in [5.74, 6) is 0.373. The Morgan fingerprint density at radius 2 is 1.64 bits per heavy atom. The number of hydrogen-bond acceptors (Lipinski definition) is 6. The van der Waals surface area contributed by atoms with Gasteiger partial charge in [0.15, 0.2) is 0 Å². The molecule has 218 valence electrons. The maximum Gasteiger partial charge on any atom is 0.410 e. The van der Waals surface area contributed by atoms with Crippen molar-refractivity contribution in [3.8, 4) is 11.6 Å². The molecule has 0 unspecified atom stereocenters. The van der Waals surface area contributed by atoms with Gasteiger partial charge in [0.25, 0.3) is 11.8 Å². The van der Waals surface area contributed by atoms with Gasteiger partial charge in [0.1, 0.15) is 17.0 Å². The molecule has 2 N–H and O–H groups in total. The van der Waals surface area contributed by atoms with E-state index in [0.29, 0.717) is 64.8 Å². The first-order chi connectivity index (χ1) is 19.9. The minimum absolute atomic E-state index is 0.141. The highest BCUT2D eigenvalue weighted by Gasteiger charge is 2.28.